The van der Waals surface area contributed by atoms with Crippen molar-refractivity contribution in [2.75, 3.05) is 0 Å². The topological polar surface area (TPSA) is 63.3 Å². The quantitative estimate of drug-likeness (QED) is 0.801. The third kappa shape index (κ3) is 1.20. The predicted octanol–water partition coefficient (Wildman–Crippen LogP) is 2.20. The fourth-order valence-corrected chi connectivity index (χ4v) is 2.59. The molecular weight excluding hydrogens is 214 g/mol. The molecule has 0 saturated carbocycles. The van der Waals surface area contributed by atoms with E-state index in [2.05, 4.69) is 4.98 Å². The van der Waals surface area contributed by atoms with Gasteiger partial charge < -0.3 is 9.52 Å². The van der Waals surface area contributed by atoms with Crippen molar-refractivity contribution in [3.05, 3.63) is 28.0 Å². The van der Waals surface area contributed by atoms with E-state index in [1.165, 1.54) is 4.88 Å². The highest BCUT2D eigenvalue weighted by atomic mass is 32.1. The maximum atomic E-state index is 10.8. The third-order valence-corrected chi connectivity index (χ3v) is 3.39. The normalized spacial score (nSPS) is 13.3. The Balaban J connectivity index is 2.20. The Morgan fingerprint density at radius 1 is 1.53 bits per heavy atom. The van der Waals surface area contributed by atoms with Crippen LogP contribution in [0, 0.1) is 0 Å². The molecule has 3 rings (SSSR count). The van der Waals surface area contributed by atoms with Crippen molar-refractivity contribution in [3.63, 3.8) is 0 Å². The third-order valence-electron chi connectivity index (χ3n) is 2.49. The van der Waals surface area contributed by atoms with E-state index in [0.717, 1.165) is 29.9 Å². The van der Waals surface area contributed by atoms with E-state index in [9.17, 15) is 4.79 Å². The molecule has 0 fully saturated rings. The molecule has 1 aliphatic carbocycles. The van der Waals surface area contributed by atoms with Crippen molar-refractivity contribution in [2.45, 2.75) is 12.8 Å². The number of carboxylic acid groups (broad SMARTS) is 1. The van der Waals surface area contributed by atoms with Gasteiger partial charge in [0.15, 0.2) is 0 Å². The van der Waals surface area contributed by atoms with E-state index in [1.807, 2.05) is 0 Å². The van der Waals surface area contributed by atoms with Crippen LogP contribution in [0.5, 0.6) is 0 Å². The summed E-state index contributed by atoms with van der Waals surface area (Å²) in [6.45, 7) is 0. The monoisotopic (exact) mass is 221 g/mol. The average Bonchev–Trinajstić information content (AvgIpc) is 2.82. The number of hydrogen-bond donors (Lipinski definition) is 1. The smallest absolute Gasteiger partial charge is 0.371 e. The van der Waals surface area contributed by atoms with Crippen LogP contribution in [0.3, 0.4) is 0 Å². The molecule has 0 atom stereocenters. The largest absolute Gasteiger partial charge is 0.475 e. The lowest BCUT2D eigenvalue weighted by Gasteiger charge is -2.07. The second kappa shape index (κ2) is 2.93. The molecule has 15 heavy (non-hydrogen) atoms. The maximum Gasteiger partial charge on any atom is 0.371 e. The van der Waals surface area contributed by atoms with Crippen LogP contribution in [-0.2, 0) is 12.8 Å². The van der Waals surface area contributed by atoms with Crippen molar-refractivity contribution in [1.82, 2.24) is 4.98 Å². The molecule has 0 unspecified atom stereocenters. The molecule has 2 aromatic rings. The van der Waals surface area contributed by atoms with Crippen LogP contribution < -0.4 is 0 Å². The average molecular weight is 221 g/mol. The second-order valence-electron chi connectivity index (χ2n) is 3.38. The first-order chi connectivity index (χ1) is 7.25. The number of aromatic carboxylic acids is 1. The first kappa shape index (κ1) is 8.67. The summed E-state index contributed by atoms with van der Waals surface area (Å²) < 4.78 is 5.26. The number of thiazole rings is 1. The van der Waals surface area contributed by atoms with Gasteiger partial charge in [0.2, 0.25) is 5.76 Å². The molecule has 0 saturated heterocycles. The number of aryl methyl sites for hydroxylation is 2. The minimum atomic E-state index is -1.03. The highest BCUT2D eigenvalue weighted by molar-refractivity contribution is 7.10. The molecule has 5 heteroatoms. The van der Waals surface area contributed by atoms with Gasteiger partial charge in [-0.05, 0) is 6.42 Å². The summed E-state index contributed by atoms with van der Waals surface area (Å²) in [5.74, 6) is -0.284. The fourth-order valence-electron chi connectivity index (χ4n) is 1.81. The fraction of sp³-hybridized carbons (Fsp3) is 0.200. The second-order valence-corrected chi connectivity index (χ2v) is 4.32. The van der Waals surface area contributed by atoms with Gasteiger partial charge in [0.25, 0.3) is 0 Å². The molecule has 2 aromatic heterocycles. The number of hydrogen-bond acceptors (Lipinski definition) is 4. The Hall–Kier alpha value is -1.62. The van der Waals surface area contributed by atoms with Crippen molar-refractivity contribution < 1.29 is 14.3 Å². The van der Waals surface area contributed by atoms with Gasteiger partial charge >= 0.3 is 5.97 Å². The Bertz CT molecular complexity index is 541. The van der Waals surface area contributed by atoms with Crippen LogP contribution in [0.1, 0.15) is 21.2 Å². The number of carbonyl (C=O) groups is 1. The summed E-state index contributed by atoms with van der Waals surface area (Å²) in [6, 6.07) is 1.56. The summed E-state index contributed by atoms with van der Waals surface area (Å²) in [7, 11) is 0. The molecule has 0 radical (unpaired) electrons. The van der Waals surface area contributed by atoms with Gasteiger partial charge in [-0.25, -0.2) is 9.78 Å². The number of fused-ring (bicyclic) bond motifs is 3. The molecule has 1 aliphatic rings. The van der Waals surface area contributed by atoms with Crippen molar-refractivity contribution in [3.8, 4) is 11.3 Å². The molecule has 0 aliphatic heterocycles. The lowest BCUT2D eigenvalue weighted by Crippen LogP contribution is -1.98. The summed E-state index contributed by atoms with van der Waals surface area (Å²) in [4.78, 5) is 16.2. The van der Waals surface area contributed by atoms with E-state index >= 15 is 0 Å². The van der Waals surface area contributed by atoms with E-state index in [4.69, 9.17) is 9.52 Å². The van der Waals surface area contributed by atoms with E-state index < -0.39 is 5.97 Å². The van der Waals surface area contributed by atoms with E-state index in [0.29, 0.717) is 0 Å². The Labute approximate surface area is 89.2 Å². The molecule has 1 N–H and O–H groups in total. The van der Waals surface area contributed by atoms with Crippen LogP contribution in [-0.4, -0.2) is 16.1 Å². The van der Waals surface area contributed by atoms with Gasteiger partial charge in [0, 0.05) is 22.9 Å². The summed E-state index contributed by atoms with van der Waals surface area (Å²) in [5, 5.41) is 8.82. The van der Waals surface area contributed by atoms with Crippen molar-refractivity contribution >= 4 is 17.3 Å². The Morgan fingerprint density at radius 3 is 3.20 bits per heavy atom. The van der Waals surface area contributed by atoms with Crippen LogP contribution in [0.2, 0.25) is 0 Å². The van der Waals surface area contributed by atoms with Gasteiger partial charge in [-0.3, -0.25) is 0 Å². The molecule has 2 heterocycles. The van der Waals surface area contributed by atoms with Gasteiger partial charge in [-0.2, -0.15) is 0 Å². The highest BCUT2D eigenvalue weighted by Gasteiger charge is 2.24. The van der Waals surface area contributed by atoms with E-state index in [1.54, 1.807) is 22.9 Å². The first-order valence-electron chi connectivity index (χ1n) is 4.54. The van der Waals surface area contributed by atoms with Gasteiger partial charge in [0.05, 0.1) is 11.2 Å². The Kier molecular flexibility index (Phi) is 1.70. The van der Waals surface area contributed by atoms with Gasteiger partial charge in [0.1, 0.15) is 5.76 Å². The number of carboxylic acids is 1. The van der Waals surface area contributed by atoms with E-state index in [-0.39, 0.29) is 5.76 Å². The lowest BCUT2D eigenvalue weighted by molar-refractivity contribution is 0.0660. The standard InChI is InChI=1S/C10H7NO3S/c12-10(13)7-3-5-6(14-7)1-2-8-9(5)11-4-15-8/h3-4H,1-2H2,(H,12,13). The van der Waals surface area contributed by atoms with Crippen molar-refractivity contribution in [1.29, 1.82) is 0 Å². The Morgan fingerprint density at radius 2 is 2.40 bits per heavy atom. The molecule has 0 amide bonds. The zero-order valence-electron chi connectivity index (χ0n) is 7.69. The molecule has 0 spiro atoms. The molecule has 76 valence electrons. The van der Waals surface area contributed by atoms with Crippen LogP contribution in [0.15, 0.2) is 16.0 Å². The minimum Gasteiger partial charge on any atom is -0.475 e. The number of aromatic nitrogens is 1. The first-order valence-corrected chi connectivity index (χ1v) is 5.42. The SMILES string of the molecule is O=C(O)c1cc2c(o1)CCc1scnc1-2. The van der Waals surface area contributed by atoms with Crippen LogP contribution in [0.4, 0.5) is 0 Å². The number of nitrogens with zero attached hydrogens (tertiary/aromatic N) is 1. The number of rotatable bonds is 1. The molecule has 0 aromatic carbocycles. The number of furan rings is 1. The zero-order chi connectivity index (χ0) is 10.4. The maximum absolute atomic E-state index is 10.8. The van der Waals surface area contributed by atoms with Crippen LogP contribution >= 0.6 is 11.3 Å². The minimum absolute atomic E-state index is 0.000787. The summed E-state index contributed by atoms with van der Waals surface area (Å²) in [5.41, 5.74) is 3.51. The molecule has 0 bridgehead atoms. The lowest BCUT2D eigenvalue weighted by atomic mass is 10.0. The zero-order valence-corrected chi connectivity index (χ0v) is 8.50. The molecule has 4 nitrogen and oxygen atoms in total. The highest BCUT2D eigenvalue weighted by Crippen LogP contribution is 2.36. The van der Waals surface area contributed by atoms with Gasteiger partial charge in [-0.15, -0.1) is 11.3 Å². The summed E-state index contributed by atoms with van der Waals surface area (Å²) >= 11 is 1.61. The summed E-state index contributed by atoms with van der Waals surface area (Å²) in [6.07, 6.45) is 1.65. The predicted molar refractivity (Wildman–Crippen MR) is 54.2 cm³/mol. The van der Waals surface area contributed by atoms with Crippen LogP contribution in [0.25, 0.3) is 11.3 Å². The van der Waals surface area contributed by atoms with Gasteiger partial charge in [-0.1, -0.05) is 0 Å². The van der Waals surface area contributed by atoms with Crippen molar-refractivity contribution in [2.24, 2.45) is 0 Å². The molecular formula is C10H7NO3S.